The van der Waals surface area contributed by atoms with E-state index in [-0.39, 0.29) is 30.0 Å². The molecule has 1 saturated heterocycles. The summed E-state index contributed by atoms with van der Waals surface area (Å²) in [4.78, 5) is 38.9. The molecule has 0 radical (unpaired) electrons. The number of alkyl halides is 3. The van der Waals surface area contributed by atoms with Crippen LogP contribution in [0.5, 0.6) is 5.75 Å². The maximum atomic E-state index is 13.8. The molecule has 7 nitrogen and oxygen atoms in total. The molecule has 0 spiro atoms. The largest absolute Gasteiger partial charge is 0.493 e. The topological polar surface area (TPSA) is 88.8 Å². The van der Waals surface area contributed by atoms with Crippen molar-refractivity contribution in [1.29, 1.82) is 0 Å². The van der Waals surface area contributed by atoms with Crippen LogP contribution < -0.4 is 15.7 Å². The molecule has 0 saturated carbocycles. The number of fused-ring (bicyclic) bond motifs is 1. The first-order valence-corrected chi connectivity index (χ1v) is 14.0. The van der Waals surface area contributed by atoms with Gasteiger partial charge in [0.25, 0.3) is 5.91 Å². The number of rotatable bonds is 12. The van der Waals surface area contributed by atoms with Gasteiger partial charge in [0.15, 0.2) is 0 Å². The predicted octanol–water partition coefficient (Wildman–Crippen LogP) is 6.73. The van der Waals surface area contributed by atoms with E-state index in [1.54, 1.807) is 19.1 Å². The first-order valence-electron chi connectivity index (χ1n) is 14.0. The average molecular weight is 573 g/mol. The molecule has 1 atom stereocenters. The Bertz CT molecular complexity index is 1470. The van der Waals surface area contributed by atoms with Crippen LogP contribution in [-0.4, -0.2) is 30.0 Å². The number of carbonyl (C=O) groups excluding carboxylic acids is 2. The van der Waals surface area contributed by atoms with Crippen LogP contribution in [-0.2, 0) is 29.4 Å². The van der Waals surface area contributed by atoms with E-state index < -0.39 is 28.9 Å². The summed E-state index contributed by atoms with van der Waals surface area (Å²) < 4.78 is 52.8. The number of urea groups is 1. The number of hydrogen-bond donors (Lipinski definition) is 1. The van der Waals surface area contributed by atoms with Crippen molar-refractivity contribution in [3.63, 3.8) is 0 Å². The lowest BCUT2D eigenvalue weighted by atomic mass is 9.92. The molecule has 3 amide bonds. The number of ether oxygens (including phenoxy) is 1. The zero-order valence-corrected chi connectivity index (χ0v) is 23.5. The predicted molar refractivity (Wildman–Crippen MR) is 149 cm³/mol. The van der Waals surface area contributed by atoms with Crippen LogP contribution >= 0.6 is 0 Å². The van der Waals surface area contributed by atoms with Crippen molar-refractivity contribution in [2.24, 2.45) is 0 Å². The highest BCUT2D eigenvalue weighted by atomic mass is 19.4. The van der Waals surface area contributed by atoms with Gasteiger partial charge in [-0.05, 0) is 56.2 Å². The number of unbranched alkanes of at least 4 members (excludes halogenated alkanes) is 2. The van der Waals surface area contributed by atoms with Gasteiger partial charge in [-0.3, -0.25) is 9.69 Å². The van der Waals surface area contributed by atoms with E-state index in [9.17, 15) is 27.6 Å². The minimum absolute atomic E-state index is 0.0819. The van der Waals surface area contributed by atoms with Crippen molar-refractivity contribution in [3.05, 3.63) is 75.1 Å². The smallest absolute Gasteiger partial charge is 0.417 e. The van der Waals surface area contributed by atoms with Gasteiger partial charge in [0, 0.05) is 23.6 Å². The highest BCUT2D eigenvalue weighted by Gasteiger charge is 2.48. The second kappa shape index (κ2) is 12.4. The van der Waals surface area contributed by atoms with Gasteiger partial charge < -0.3 is 14.5 Å². The third-order valence-corrected chi connectivity index (χ3v) is 7.38. The van der Waals surface area contributed by atoms with Gasteiger partial charge in [0.05, 0.1) is 12.2 Å². The van der Waals surface area contributed by atoms with Crippen LogP contribution in [0.15, 0.2) is 51.7 Å². The maximum absolute atomic E-state index is 13.8. The Labute approximate surface area is 236 Å². The number of carbonyl (C=O) groups is 2. The van der Waals surface area contributed by atoms with Crippen molar-refractivity contribution < 1.29 is 31.9 Å². The number of imide groups is 1. The third kappa shape index (κ3) is 6.26. The van der Waals surface area contributed by atoms with E-state index in [4.69, 9.17) is 9.15 Å². The van der Waals surface area contributed by atoms with Crippen LogP contribution in [0.3, 0.4) is 0 Å². The highest BCUT2D eigenvalue weighted by molar-refractivity contribution is 6.07. The van der Waals surface area contributed by atoms with Crippen LogP contribution in [0.2, 0.25) is 0 Å². The fourth-order valence-electron chi connectivity index (χ4n) is 5.34. The first-order chi connectivity index (χ1) is 19.5. The molecule has 41 heavy (non-hydrogen) atoms. The number of nitrogens with one attached hydrogen (secondary N) is 1. The van der Waals surface area contributed by atoms with Gasteiger partial charge in [-0.2, -0.15) is 13.2 Å². The minimum Gasteiger partial charge on any atom is -0.493 e. The van der Waals surface area contributed by atoms with Crippen molar-refractivity contribution in [3.8, 4) is 5.75 Å². The van der Waals surface area contributed by atoms with Crippen LogP contribution in [0.25, 0.3) is 11.0 Å². The zero-order valence-electron chi connectivity index (χ0n) is 23.5. The molecule has 0 bridgehead atoms. The molecule has 10 heteroatoms. The Balaban J connectivity index is 1.45. The molecule has 1 fully saturated rings. The molecule has 2 heterocycles. The molecule has 1 aliphatic rings. The van der Waals surface area contributed by atoms with Crippen LogP contribution in [0.1, 0.15) is 75.1 Å². The average Bonchev–Trinajstić information content (AvgIpc) is 3.15. The number of nitrogens with zero attached hydrogens (tertiary/aromatic N) is 1. The Kier molecular flexibility index (Phi) is 9.09. The van der Waals surface area contributed by atoms with Gasteiger partial charge in [-0.15, -0.1) is 0 Å². The molecule has 0 aliphatic carbocycles. The molecule has 2 aromatic carbocycles. The standard InChI is InChI=1S/C31H35F3N2O5/c1-4-12-20-18-23-24(31(32,33)34)19-25(37)41-27(23)22(13-5-2)26(20)40-17-11-7-10-16-36-28(38)30(3,35-29(36)39)21-14-8-6-9-15-21/h6,8-9,14-15,18-19H,4-5,7,10-13,16-17H2,1-3H3,(H,35,39). The first kappa shape index (κ1) is 30.1. The van der Waals surface area contributed by atoms with E-state index in [1.807, 2.05) is 32.0 Å². The van der Waals surface area contributed by atoms with Gasteiger partial charge >= 0.3 is 17.8 Å². The number of amides is 3. The Morgan fingerprint density at radius 3 is 2.34 bits per heavy atom. The Morgan fingerprint density at radius 2 is 1.68 bits per heavy atom. The number of hydrogen-bond acceptors (Lipinski definition) is 5. The third-order valence-electron chi connectivity index (χ3n) is 7.38. The maximum Gasteiger partial charge on any atom is 0.417 e. The summed E-state index contributed by atoms with van der Waals surface area (Å²) in [6.45, 7) is 6.07. The minimum atomic E-state index is -4.70. The van der Waals surface area contributed by atoms with Crippen LogP contribution in [0.4, 0.5) is 18.0 Å². The van der Waals surface area contributed by atoms with Gasteiger partial charge in [-0.1, -0.05) is 57.0 Å². The Hall–Kier alpha value is -3.82. The lowest BCUT2D eigenvalue weighted by Crippen LogP contribution is -2.40. The molecule has 4 rings (SSSR count). The van der Waals surface area contributed by atoms with Crippen molar-refractivity contribution >= 4 is 22.9 Å². The summed E-state index contributed by atoms with van der Waals surface area (Å²) in [5.41, 5.74) is -1.42. The number of aryl methyl sites for hydroxylation is 2. The number of halogens is 3. The van der Waals surface area contributed by atoms with Gasteiger partial charge in [0.2, 0.25) is 0 Å². The highest BCUT2D eigenvalue weighted by Crippen LogP contribution is 2.40. The molecule has 1 aliphatic heterocycles. The SMILES string of the molecule is CCCc1cc2c(C(F)(F)F)cc(=O)oc2c(CCC)c1OCCCCCN1C(=O)NC(C)(c2ccccc2)C1=O. The second-order valence-electron chi connectivity index (χ2n) is 10.5. The fourth-order valence-corrected chi connectivity index (χ4v) is 5.34. The molecule has 220 valence electrons. The van der Waals surface area contributed by atoms with Gasteiger partial charge in [-0.25, -0.2) is 9.59 Å². The Morgan fingerprint density at radius 1 is 0.976 bits per heavy atom. The fraction of sp³-hybridized carbons (Fsp3) is 0.452. The summed E-state index contributed by atoms with van der Waals surface area (Å²) in [5, 5.41) is 2.67. The zero-order chi connectivity index (χ0) is 29.8. The van der Waals surface area contributed by atoms with Crippen molar-refractivity contribution in [2.75, 3.05) is 13.2 Å². The van der Waals surface area contributed by atoms with E-state index in [0.29, 0.717) is 73.5 Å². The van der Waals surface area contributed by atoms with E-state index in [1.165, 1.54) is 11.0 Å². The lowest BCUT2D eigenvalue weighted by molar-refractivity contribution is -0.136. The van der Waals surface area contributed by atoms with Crippen molar-refractivity contribution in [2.45, 2.75) is 77.4 Å². The van der Waals surface area contributed by atoms with E-state index in [2.05, 4.69) is 5.32 Å². The normalized spacial score (nSPS) is 17.4. The summed E-state index contributed by atoms with van der Waals surface area (Å²) >= 11 is 0. The number of benzene rings is 2. The van der Waals surface area contributed by atoms with E-state index in [0.717, 1.165) is 0 Å². The summed E-state index contributed by atoms with van der Waals surface area (Å²) in [6, 6.07) is 10.6. The molecule has 1 aromatic heterocycles. The van der Waals surface area contributed by atoms with Crippen molar-refractivity contribution in [1.82, 2.24) is 10.2 Å². The summed E-state index contributed by atoms with van der Waals surface area (Å²) in [6.07, 6.45) is -0.666. The second-order valence-corrected chi connectivity index (χ2v) is 10.5. The quantitative estimate of drug-likeness (QED) is 0.148. The summed E-state index contributed by atoms with van der Waals surface area (Å²) in [5.74, 6) is 0.172. The molecule has 1 N–H and O–H groups in total. The molecule has 1 unspecified atom stereocenters. The lowest BCUT2D eigenvalue weighted by Gasteiger charge is -2.22. The molecular formula is C31H35F3N2O5. The van der Waals surface area contributed by atoms with E-state index >= 15 is 0 Å². The molecular weight excluding hydrogens is 537 g/mol. The monoisotopic (exact) mass is 572 g/mol. The summed E-state index contributed by atoms with van der Waals surface area (Å²) in [7, 11) is 0. The van der Waals surface area contributed by atoms with Crippen LogP contribution in [0, 0.1) is 0 Å². The van der Waals surface area contributed by atoms with Gasteiger partial charge in [0.1, 0.15) is 16.9 Å². The molecule has 3 aromatic rings.